The first-order valence-electron chi connectivity index (χ1n) is 8.46. The number of oxazole rings is 1. The van der Waals surface area contributed by atoms with Crippen molar-refractivity contribution >= 4 is 34.2 Å². The van der Waals surface area contributed by atoms with Crippen LogP contribution in [0.1, 0.15) is 5.56 Å². The van der Waals surface area contributed by atoms with Crippen molar-refractivity contribution in [2.75, 3.05) is 17.7 Å². The number of nitrogens with one attached hydrogen (secondary N) is 3. The highest BCUT2D eigenvalue weighted by Gasteiger charge is 2.12. The topological polar surface area (TPSA) is 105 Å². The lowest BCUT2D eigenvalue weighted by Crippen LogP contribution is -2.04. The number of nitrogens with zero attached hydrogens (tertiary/aromatic N) is 2. The zero-order valence-corrected chi connectivity index (χ0v) is 15.3. The molecule has 0 spiro atoms. The summed E-state index contributed by atoms with van der Waals surface area (Å²) >= 11 is 0. The Bertz CT molecular complexity index is 1270. The molecule has 3 N–H and O–H groups in total. The summed E-state index contributed by atoms with van der Waals surface area (Å²) in [6, 6.07) is 7.78. The molecule has 148 valence electrons. The van der Waals surface area contributed by atoms with Crippen LogP contribution in [-0.4, -0.2) is 22.1 Å². The summed E-state index contributed by atoms with van der Waals surface area (Å²) in [7, 11) is 1.36. The fraction of sp³-hybridized carbons (Fsp3) is 0.105. The van der Waals surface area contributed by atoms with Crippen molar-refractivity contribution in [3.05, 3.63) is 64.3 Å². The zero-order valence-electron chi connectivity index (χ0n) is 15.3. The maximum absolute atomic E-state index is 14.2. The number of aromatic nitrogens is 3. The highest BCUT2D eigenvalue weighted by atomic mass is 19.1. The monoisotopic (exact) mass is 399 g/mol. The minimum absolute atomic E-state index is 0.0652. The first-order chi connectivity index (χ1) is 13.9. The van der Waals surface area contributed by atoms with Gasteiger partial charge in [-0.2, -0.15) is 4.98 Å². The van der Waals surface area contributed by atoms with Gasteiger partial charge in [0, 0.05) is 17.4 Å². The number of H-pyrrole nitrogens is 1. The summed E-state index contributed by atoms with van der Waals surface area (Å²) in [6.45, 7) is 1.60. The van der Waals surface area contributed by atoms with E-state index in [4.69, 9.17) is 9.15 Å². The van der Waals surface area contributed by atoms with Crippen molar-refractivity contribution in [3.8, 4) is 5.75 Å². The molecule has 8 nitrogen and oxygen atoms in total. The number of methoxy groups -OCH3 is 1. The smallest absolute Gasteiger partial charge is 0.417 e. The normalized spacial score (nSPS) is 10.9. The molecule has 29 heavy (non-hydrogen) atoms. The number of hydrogen-bond acceptors (Lipinski definition) is 7. The molecule has 4 rings (SSSR count). The van der Waals surface area contributed by atoms with Crippen LogP contribution in [0, 0.1) is 18.6 Å². The standard InChI is InChI=1S/C19H15F2N5O3/c1-9-5-11(7-15(28-2)16(9)21)24-18-22-8-12(20)17(26-18)23-10-3-4-14-13(6-10)25-19(27)29-14/h3-8H,1-2H3,(H,25,27)(H2,22,23,24,26). The number of anilines is 4. The van der Waals surface area contributed by atoms with Crippen LogP contribution >= 0.6 is 0 Å². The van der Waals surface area contributed by atoms with Crippen LogP contribution < -0.4 is 21.1 Å². The Labute approximate surface area is 162 Å². The number of benzene rings is 2. The third kappa shape index (κ3) is 3.72. The van der Waals surface area contributed by atoms with Gasteiger partial charge in [0.15, 0.2) is 28.8 Å². The largest absolute Gasteiger partial charge is 0.494 e. The molecule has 4 aromatic rings. The molecule has 0 bridgehead atoms. The number of ether oxygens (including phenoxy) is 1. The van der Waals surface area contributed by atoms with E-state index in [1.807, 2.05) is 0 Å². The Kier molecular flexibility index (Phi) is 4.59. The SMILES string of the molecule is COc1cc(Nc2ncc(F)c(Nc3ccc4oc(=O)[nH]c4c3)n2)cc(C)c1F. The van der Waals surface area contributed by atoms with Gasteiger partial charge in [-0.25, -0.2) is 18.6 Å². The van der Waals surface area contributed by atoms with Gasteiger partial charge in [-0.05, 0) is 36.8 Å². The zero-order chi connectivity index (χ0) is 20.5. The molecule has 0 fully saturated rings. The van der Waals surface area contributed by atoms with Crippen LogP contribution in [0.3, 0.4) is 0 Å². The van der Waals surface area contributed by atoms with E-state index in [0.717, 1.165) is 6.20 Å². The van der Waals surface area contributed by atoms with Gasteiger partial charge < -0.3 is 19.8 Å². The fourth-order valence-corrected chi connectivity index (χ4v) is 2.77. The first kappa shape index (κ1) is 18.4. The van der Waals surface area contributed by atoms with Gasteiger partial charge in [0.25, 0.3) is 0 Å². The molecule has 0 amide bonds. The molecule has 2 aromatic heterocycles. The van der Waals surface area contributed by atoms with E-state index >= 15 is 0 Å². The number of aryl methyl sites for hydroxylation is 1. The lowest BCUT2D eigenvalue weighted by molar-refractivity contribution is 0.385. The van der Waals surface area contributed by atoms with E-state index < -0.39 is 17.4 Å². The maximum atomic E-state index is 14.2. The Balaban J connectivity index is 1.62. The van der Waals surface area contributed by atoms with E-state index in [1.54, 1.807) is 31.2 Å². The van der Waals surface area contributed by atoms with Crippen LogP contribution in [0.15, 0.2) is 45.7 Å². The van der Waals surface area contributed by atoms with Crippen molar-refractivity contribution in [1.29, 1.82) is 0 Å². The second kappa shape index (κ2) is 7.23. The Hall–Kier alpha value is -3.95. The Morgan fingerprint density at radius 2 is 1.97 bits per heavy atom. The average Bonchev–Trinajstić information content (AvgIpc) is 3.06. The van der Waals surface area contributed by atoms with Crippen LogP contribution in [0.4, 0.5) is 31.9 Å². The van der Waals surface area contributed by atoms with Crippen molar-refractivity contribution in [2.45, 2.75) is 6.92 Å². The van der Waals surface area contributed by atoms with Gasteiger partial charge in [0.05, 0.1) is 18.8 Å². The summed E-state index contributed by atoms with van der Waals surface area (Å²) in [6.07, 6.45) is 1.00. The summed E-state index contributed by atoms with van der Waals surface area (Å²) in [5, 5.41) is 5.72. The minimum Gasteiger partial charge on any atom is -0.494 e. The molecule has 0 aliphatic carbocycles. The van der Waals surface area contributed by atoms with E-state index in [9.17, 15) is 13.6 Å². The minimum atomic E-state index is -0.677. The van der Waals surface area contributed by atoms with Crippen molar-refractivity contribution < 1.29 is 17.9 Å². The summed E-state index contributed by atoms with van der Waals surface area (Å²) in [5.41, 5.74) is 2.18. The molecule has 0 atom stereocenters. The molecular weight excluding hydrogens is 384 g/mol. The van der Waals surface area contributed by atoms with Crippen molar-refractivity contribution in [2.24, 2.45) is 0 Å². The molecule has 2 aromatic carbocycles. The molecule has 0 saturated carbocycles. The fourth-order valence-electron chi connectivity index (χ4n) is 2.77. The van der Waals surface area contributed by atoms with Gasteiger partial charge in [0.2, 0.25) is 5.95 Å². The van der Waals surface area contributed by atoms with Crippen LogP contribution in [-0.2, 0) is 0 Å². The molecule has 0 radical (unpaired) electrons. The molecule has 0 saturated heterocycles. The van der Waals surface area contributed by atoms with Crippen LogP contribution in [0.5, 0.6) is 5.75 Å². The molecule has 2 heterocycles. The lowest BCUT2D eigenvalue weighted by atomic mass is 10.2. The Morgan fingerprint density at radius 3 is 2.76 bits per heavy atom. The van der Waals surface area contributed by atoms with Crippen molar-refractivity contribution in [3.63, 3.8) is 0 Å². The first-order valence-corrected chi connectivity index (χ1v) is 8.46. The number of aromatic amines is 1. The van der Waals surface area contributed by atoms with Gasteiger partial charge in [0.1, 0.15) is 0 Å². The van der Waals surface area contributed by atoms with Gasteiger partial charge in [-0.3, -0.25) is 4.98 Å². The number of halogens is 2. The number of rotatable bonds is 5. The maximum Gasteiger partial charge on any atom is 0.417 e. The molecule has 10 heteroatoms. The number of hydrogen-bond donors (Lipinski definition) is 3. The van der Waals surface area contributed by atoms with Gasteiger partial charge >= 0.3 is 5.76 Å². The third-order valence-corrected chi connectivity index (χ3v) is 4.12. The predicted octanol–water partition coefficient (Wildman–Crippen LogP) is 3.99. The van der Waals surface area contributed by atoms with Crippen LogP contribution in [0.2, 0.25) is 0 Å². The van der Waals surface area contributed by atoms with E-state index in [-0.39, 0.29) is 17.5 Å². The molecule has 0 unspecified atom stereocenters. The second-order valence-electron chi connectivity index (χ2n) is 6.17. The summed E-state index contributed by atoms with van der Waals surface area (Å²) < 4.78 is 38.0. The summed E-state index contributed by atoms with van der Waals surface area (Å²) in [4.78, 5) is 21.8. The quantitative estimate of drug-likeness (QED) is 0.466. The van der Waals surface area contributed by atoms with Gasteiger partial charge in [-0.15, -0.1) is 0 Å². The molecule has 0 aliphatic rings. The highest BCUT2D eigenvalue weighted by Crippen LogP contribution is 2.27. The van der Waals surface area contributed by atoms with Crippen molar-refractivity contribution in [1.82, 2.24) is 15.0 Å². The molecule has 0 aliphatic heterocycles. The van der Waals surface area contributed by atoms with E-state index in [0.29, 0.717) is 28.0 Å². The third-order valence-electron chi connectivity index (χ3n) is 4.12. The predicted molar refractivity (Wildman–Crippen MR) is 103 cm³/mol. The summed E-state index contributed by atoms with van der Waals surface area (Å²) in [5.74, 6) is -1.65. The van der Waals surface area contributed by atoms with Gasteiger partial charge in [-0.1, -0.05) is 0 Å². The van der Waals surface area contributed by atoms with E-state index in [1.165, 1.54) is 13.2 Å². The number of fused-ring (bicyclic) bond motifs is 1. The second-order valence-corrected chi connectivity index (χ2v) is 6.17. The Morgan fingerprint density at radius 1 is 1.14 bits per heavy atom. The lowest BCUT2D eigenvalue weighted by Gasteiger charge is -2.11. The van der Waals surface area contributed by atoms with Crippen LogP contribution in [0.25, 0.3) is 11.1 Å². The molecular formula is C19H15F2N5O3. The average molecular weight is 399 g/mol. The van der Waals surface area contributed by atoms with E-state index in [2.05, 4.69) is 25.6 Å². The highest BCUT2D eigenvalue weighted by molar-refractivity contribution is 5.78.